The fourth-order valence-corrected chi connectivity index (χ4v) is 2.84. The molecule has 4 heteroatoms. The summed E-state index contributed by atoms with van der Waals surface area (Å²) in [5.41, 5.74) is 5.68. The Balaban J connectivity index is 2.48. The number of nitrogens with zero attached hydrogens (tertiary/aromatic N) is 1. The zero-order valence-electron chi connectivity index (χ0n) is 12.3. The average Bonchev–Trinajstić information content (AvgIpc) is 2.26. The lowest BCUT2D eigenvalue weighted by atomic mass is 9.84. The lowest BCUT2D eigenvalue weighted by Crippen LogP contribution is -2.50. The molecule has 18 heavy (non-hydrogen) atoms. The number of likely N-dealkylation sites (N-methyl/N-ethyl adjacent to an activating group) is 1. The normalized spacial score (nSPS) is 25.2. The molecule has 106 valence electrons. The molecule has 0 aromatic carbocycles. The summed E-state index contributed by atoms with van der Waals surface area (Å²) in [7, 11) is 2.04. The van der Waals surface area contributed by atoms with Crippen LogP contribution in [-0.2, 0) is 4.79 Å². The van der Waals surface area contributed by atoms with Gasteiger partial charge in [0.2, 0.25) is 5.91 Å². The van der Waals surface area contributed by atoms with Gasteiger partial charge in [0.25, 0.3) is 0 Å². The summed E-state index contributed by atoms with van der Waals surface area (Å²) in [6.07, 6.45) is 4.90. The van der Waals surface area contributed by atoms with Crippen molar-refractivity contribution in [1.29, 1.82) is 0 Å². The van der Waals surface area contributed by atoms with E-state index >= 15 is 0 Å². The maximum atomic E-state index is 11.9. The Morgan fingerprint density at radius 1 is 1.33 bits per heavy atom. The van der Waals surface area contributed by atoms with Crippen LogP contribution in [0.3, 0.4) is 0 Å². The van der Waals surface area contributed by atoms with Crippen LogP contribution >= 0.6 is 0 Å². The summed E-state index contributed by atoms with van der Waals surface area (Å²) in [4.78, 5) is 14.1. The Morgan fingerprint density at radius 3 is 2.50 bits per heavy atom. The van der Waals surface area contributed by atoms with Crippen molar-refractivity contribution in [2.24, 2.45) is 11.7 Å². The molecule has 1 fully saturated rings. The highest BCUT2D eigenvalue weighted by molar-refractivity contribution is 5.78. The van der Waals surface area contributed by atoms with E-state index in [2.05, 4.69) is 10.2 Å². The average molecular weight is 255 g/mol. The fourth-order valence-electron chi connectivity index (χ4n) is 2.84. The van der Waals surface area contributed by atoms with Crippen molar-refractivity contribution in [3.05, 3.63) is 0 Å². The summed E-state index contributed by atoms with van der Waals surface area (Å²) in [6.45, 7) is 7.23. The van der Waals surface area contributed by atoms with Gasteiger partial charge in [0.05, 0.1) is 6.54 Å². The van der Waals surface area contributed by atoms with E-state index in [0.29, 0.717) is 18.5 Å². The maximum absolute atomic E-state index is 11.9. The first-order valence-electron chi connectivity index (χ1n) is 7.05. The van der Waals surface area contributed by atoms with Crippen molar-refractivity contribution in [2.45, 2.75) is 58.0 Å². The van der Waals surface area contributed by atoms with Gasteiger partial charge in [-0.1, -0.05) is 12.8 Å². The van der Waals surface area contributed by atoms with Crippen molar-refractivity contribution in [3.63, 3.8) is 0 Å². The van der Waals surface area contributed by atoms with E-state index in [1.807, 2.05) is 27.8 Å². The fraction of sp³-hybridized carbons (Fsp3) is 0.929. The van der Waals surface area contributed by atoms with Gasteiger partial charge in [0, 0.05) is 11.6 Å². The van der Waals surface area contributed by atoms with Crippen molar-refractivity contribution in [1.82, 2.24) is 10.2 Å². The summed E-state index contributed by atoms with van der Waals surface area (Å²) < 4.78 is 0. The van der Waals surface area contributed by atoms with E-state index in [1.54, 1.807) is 0 Å². The molecular formula is C14H29N3O. The van der Waals surface area contributed by atoms with Crippen molar-refractivity contribution in [3.8, 4) is 0 Å². The molecule has 0 aromatic heterocycles. The minimum atomic E-state index is -0.155. The van der Waals surface area contributed by atoms with Gasteiger partial charge in [0.1, 0.15) is 0 Å². The van der Waals surface area contributed by atoms with Crippen LogP contribution in [0.4, 0.5) is 0 Å². The van der Waals surface area contributed by atoms with E-state index in [4.69, 9.17) is 5.73 Å². The van der Waals surface area contributed by atoms with Crippen LogP contribution in [0.25, 0.3) is 0 Å². The zero-order valence-corrected chi connectivity index (χ0v) is 12.3. The monoisotopic (exact) mass is 255 g/mol. The van der Waals surface area contributed by atoms with Crippen LogP contribution in [0.2, 0.25) is 0 Å². The summed E-state index contributed by atoms with van der Waals surface area (Å²) in [5, 5.41) is 3.01. The minimum absolute atomic E-state index is 0.103. The first-order chi connectivity index (χ1) is 8.33. The second kappa shape index (κ2) is 6.53. The molecule has 0 aliphatic heterocycles. The number of amides is 1. The van der Waals surface area contributed by atoms with E-state index < -0.39 is 0 Å². The molecule has 2 unspecified atom stereocenters. The molecule has 1 aliphatic carbocycles. The third-order valence-corrected chi connectivity index (χ3v) is 3.65. The molecule has 0 spiro atoms. The van der Waals surface area contributed by atoms with Crippen LogP contribution in [0.1, 0.15) is 46.5 Å². The van der Waals surface area contributed by atoms with Crippen LogP contribution in [0.15, 0.2) is 0 Å². The highest BCUT2D eigenvalue weighted by atomic mass is 16.2. The quantitative estimate of drug-likeness (QED) is 0.797. The van der Waals surface area contributed by atoms with E-state index in [0.717, 1.165) is 6.54 Å². The Morgan fingerprint density at radius 2 is 1.94 bits per heavy atom. The zero-order chi connectivity index (χ0) is 13.8. The largest absolute Gasteiger partial charge is 0.350 e. The number of nitrogens with two attached hydrogens (primary N) is 1. The number of hydrogen-bond acceptors (Lipinski definition) is 3. The van der Waals surface area contributed by atoms with Gasteiger partial charge in [-0.05, 0) is 53.1 Å². The van der Waals surface area contributed by atoms with Crippen LogP contribution in [-0.4, -0.2) is 42.5 Å². The highest BCUT2D eigenvalue weighted by Gasteiger charge is 2.28. The summed E-state index contributed by atoms with van der Waals surface area (Å²) in [5.74, 6) is 0.650. The van der Waals surface area contributed by atoms with Gasteiger partial charge in [-0.25, -0.2) is 0 Å². The molecule has 3 N–H and O–H groups in total. The van der Waals surface area contributed by atoms with Crippen LogP contribution < -0.4 is 11.1 Å². The van der Waals surface area contributed by atoms with E-state index in [-0.39, 0.29) is 11.4 Å². The topological polar surface area (TPSA) is 58.4 Å². The van der Waals surface area contributed by atoms with Gasteiger partial charge in [-0.2, -0.15) is 0 Å². The lowest BCUT2D eigenvalue weighted by Gasteiger charge is -2.37. The first-order valence-corrected chi connectivity index (χ1v) is 7.05. The second-order valence-corrected chi connectivity index (χ2v) is 6.56. The van der Waals surface area contributed by atoms with Crippen molar-refractivity contribution in [2.75, 3.05) is 20.1 Å². The van der Waals surface area contributed by atoms with E-state index in [9.17, 15) is 4.79 Å². The highest BCUT2D eigenvalue weighted by Crippen LogP contribution is 2.26. The van der Waals surface area contributed by atoms with Crippen molar-refractivity contribution < 1.29 is 4.79 Å². The Labute approximate surface area is 111 Å². The van der Waals surface area contributed by atoms with E-state index in [1.165, 1.54) is 25.7 Å². The Bertz CT molecular complexity index is 273. The number of rotatable bonds is 4. The van der Waals surface area contributed by atoms with Gasteiger partial charge in [0.15, 0.2) is 0 Å². The predicted molar refractivity (Wildman–Crippen MR) is 75.3 cm³/mol. The third-order valence-electron chi connectivity index (χ3n) is 3.65. The minimum Gasteiger partial charge on any atom is -0.350 e. The molecule has 0 saturated heterocycles. The number of hydrogen-bond donors (Lipinski definition) is 2. The smallest absolute Gasteiger partial charge is 0.234 e. The SMILES string of the molecule is CN(CC(=O)NC(C)(C)C)C1CCCCC1CN. The number of nitrogens with one attached hydrogen (secondary N) is 1. The number of carbonyl (C=O) groups is 1. The third kappa shape index (κ3) is 4.94. The van der Waals surface area contributed by atoms with Gasteiger partial charge < -0.3 is 11.1 Å². The molecule has 0 radical (unpaired) electrons. The lowest BCUT2D eigenvalue weighted by molar-refractivity contribution is -0.124. The molecule has 0 aromatic rings. The van der Waals surface area contributed by atoms with Crippen LogP contribution in [0.5, 0.6) is 0 Å². The van der Waals surface area contributed by atoms with Gasteiger partial charge in [-0.15, -0.1) is 0 Å². The molecule has 1 amide bonds. The van der Waals surface area contributed by atoms with Crippen LogP contribution in [0, 0.1) is 5.92 Å². The summed E-state index contributed by atoms with van der Waals surface area (Å²) in [6, 6.07) is 0.467. The first kappa shape index (κ1) is 15.4. The molecule has 2 atom stereocenters. The Hall–Kier alpha value is -0.610. The Kier molecular flexibility index (Phi) is 5.60. The summed E-state index contributed by atoms with van der Waals surface area (Å²) >= 11 is 0. The molecule has 1 rings (SSSR count). The molecule has 0 heterocycles. The molecule has 1 aliphatic rings. The van der Waals surface area contributed by atoms with Crippen molar-refractivity contribution >= 4 is 5.91 Å². The molecular weight excluding hydrogens is 226 g/mol. The van der Waals surface area contributed by atoms with Gasteiger partial charge >= 0.3 is 0 Å². The van der Waals surface area contributed by atoms with Gasteiger partial charge in [-0.3, -0.25) is 9.69 Å². The number of carbonyl (C=O) groups excluding carboxylic acids is 1. The molecule has 4 nitrogen and oxygen atoms in total. The maximum Gasteiger partial charge on any atom is 0.234 e. The molecule has 1 saturated carbocycles. The standard InChI is InChI=1S/C14H29N3O/c1-14(2,3)16-13(18)10-17(4)12-8-6-5-7-11(12)9-15/h11-12H,5-10,15H2,1-4H3,(H,16,18). The predicted octanol–water partition coefficient (Wildman–Crippen LogP) is 1.35. The molecule has 0 bridgehead atoms. The second-order valence-electron chi connectivity index (χ2n) is 6.56.